The first kappa shape index (κ1) is 16.4. The van der Waals surface area contributed by atoms with Crippen LogP contribution in [0.5, 0.6) is 0 Å². The van der Waals surface area contributed by atoms with Crippen LogP contribution in [0.15, 0.2) is 18.3 Å². The van der Waals surface area contributed by atoms with Crippen LogP contribution < -0.4 is 0 Å². The molecule has 4 nitrogen and oxygen atoms in total. The molecule has 0 spiro atoms. The predicted octanol–water partition coefficient (Wildman–Crippen LogP) is 3.85. The maximum Gasteiger partial charge on any atom is 0.160 e. The standard InChI is InChI=1S/C19H30N4/c1-14(2)22-11-8-15(9-12-22)13-23-17-16(7-6-10-20-17)21-18(23)19(3,4)5/h6-7,10,14-15H,8-9,11-13H2,1-5H3. The average molecular weight is 314 g/mol. The van der Waals surface area contributed by atoms with Crippen molar-refractivity contribution in [2.75, 3.05) is 13.1 Å². The summed E-state index contributed by atoms with van der Waals surface area (Å²) in [4.78, 5) is 12.1. The number of fused-ring (bicyclic) bond motifs is 1. The highest BCUT2D eigenvalue weighted by atomic mass is 15.2. The summed E-state index contributed by atoms with van der Waals surface area (Å²) in [6.45, 7) is 14.8. The fourth-order valence-corrected chi connectivity index (χ4v) is 3.61. The Balaban J connectivity index is 1.85. The highest BCUT2D eigenvalue weighted by Crippen LogP contribution is 2.28. The monoisotopic (exact) mass is 314 g/mol. The van der Waals surface area contributed by atoms with Crippen LogP contribution in [0.3, 0.4) is 0 Å². The van der Waals surface area contributed by atoms with E-state index in [4.69, 9.17) is 4.98 Å². The van der Waals surface area contributed by atoms with E-state index in [1.807, 2.05) is 12.3 Å². The van der Waals surface area contributed by atoms with Crippen molar-refractivity contribution < 1.29 is 0 Å². The van der Waals surface area contributed by atoms with Crippen LogP contribution in [0.1, 0.15) is 53.3 Å². The number of aromatic nitrogens is 3. The summed E-state index contributed by atoms with van der Waals surface area (Å²) in [6, 6.07) is 4.72. The van der Waals surface area contributed by atoms with Gasteiger partial charge in [0.1, 0.15) is 11.3 Å². The molecule has 0 unspecified atom stereocenters. The number of likely N-dealkylation sites (tertiary alicyclic amines) is 1. The second-order valence-corrected chi connectivity index (χ2v) is 8.22. The van der Waals surface area contributed by atoms with Gasteiger partial charge in [0.25, 0.3) is 0 Å². The van der Waals surface area contributed by atoms with Crippen LogP contribution in [0.25, 0.3) is 11.2 Å². The van der Waals surface area contributed by atoms with Crippen molar-refractivity contribution in [3.8, 4) is 0 Å². The number of piperidine rings is 1. The second-order valence-electron chi connectivity index (χ2n) is 8.22. The minimum atomic E-state index is 0.0410. The molecule has 0 bridgehead atoms. The molecule has 2 aromatic rings. The van der Waals surface area contributed by atoms with Gasteiger partial charge in [-0.25, -0.2) is 9.97 Å². The molecule has 0 amide bonds. The number of imidazole rings is 1. The molecule has 0 saturated carbocycles. The Morgan fingerprint density at radius 1 is 1.22 bits per heavy atom. The van der Waals surface area contributed by atoms with Crippen LogP contribution in [-0.4, -0.2) is 38.6 Å². The molecule has 0 aromatic carbocycles. The highest BCUT2D eigenvalue weighted by Gasteiger charge is 2.27. The van der Waals surface area contributed by atoms with E-state index in [1.165, 1.54) is 25.9 Å². The first-order valence-electron chi connectivity index (χ1n) is 8.92. The van der Waals surface area contributed by atoms with Crippen molar-refractivity contribution in [3.05, 3.63) is 24.2 Å². The average Bonchev–Trinajstić information content (AvgIpc) is 2.87. The summed E-state index contributed by atoms with van der Waals surface area (Å²) in [6.07, 6.45) is 4.43. The van der Waals surface area contributed by atoms with Crippen LogP contribution in [0.2, 0.25) is 0 Å². The predicted molar refractivity (Wildman–Crippen MR) is 95.7 cm³/mol. The zero-order chi connectivity index (χ0) is 16.6. The van der Waals surface area contributed by atoms with E-state index in [1.54, 1.807) is 0 Å². The molecule has 126 valence electrons. The van der Waals surface area contributed by atoms with Crippen LogP contribution in [0.4, 0.5) is 0 Å². The summed E-state index contributed by atoms with van der Waals surface area (Å²) in [5.41, 5.74) is 2.11. The van der Waals surface area contributed by atoms with E-state index in [-0.39, 0.29) is 5.41 Å². The molecule has 1 fully saturated rings. The summed E-state index contributed by atoms with van der Waals surface area (Å²) in [5.74, 6) is 1.89. The second kappa shape index (κ2) is 6.23. The zero-order valence-corrected chi connectivity index (χ0v) is 15.2. The Kier molecular flexibility index (Phi) is 4.45. The van der Waals surface area contributed by atoms with E-state index in [0.717, 1.165) is 29.5 Å². The molecule has 1 saturated heterocycles. The van der Waals surface area contributed by atoms with Crippen LogP contribution >= 0.6 is 0 Å². The molecule has 4 heteroatoms. The van der Waals surface area contributed by atoms with E-state index >= 15 is 0 Å². The summed E-state index contributed by atoms with van der Waals surface area (Å²) < 4.78 is 2.38. The fraction of sp³-hybridized carbons (Fsp3) is 0.684. The number of hydrogen-bond acceptors (Lipinski definition) is 3. The minimum Gasteiger partial charge on any atom is -0.312 e. The summed E-state index contributed by atoms with van der Waals surface area (Å²) >= 11 is 0. The zero-order valence-electron chi connectivity index (χ0n) is 15.2. The Morgan fingerprint density at radius 2 is 1.91 bits per heavy atom. The lowest BCUT2D eigenvalue weighted by atomic mass is 9.93. The van der Waals surface area contributed by atoms with Crippen LogP contribution in [-0.2, 0) is 12.0 Å². The molecule has 0 aliphatic carbocycles. The molecule has 3 heterocycles. The molecule has 1 aliphatic heterocycles. The molecule has 0 radical (unpaired) electrons. The number of rotatable bonds is 3. The third-order valence-electron chi connectivity index (χ3n) is 4.99. The quantitative estimate of drug-likeness (QED) is 0.863. The van der Waals surface area contributed by atoms with E-state index in [9.17, 15) is 0 Å². The third kappa shape index (κ3) is 3.42. The van der Waals surface area contributed by atoms with Gasteiger partial charge in [-0.2, -0.15) is 0 Å². The largest absolute Gasteiger partial charge is 0.312 e. The maximum absolute atomic E-state index is 4.88. The fourth-order valence-electron chi connectivity index (χ4n) is 3.61. The van der Waals surface area contributed by atoms with Gasteiger partial charge in [0.15, 0.2) is 5.65 Å². The summed E-state index contributed by atoms with van der Waals surface area (Å²) in [5, 5.41) is 0. The lowest BCUT2D eigenvalue weighted by Gasteiger charge is -2.35. The molecule has 0 atom stereocenters. The minimum absolute atomic E-state index is 0.0410. The summed E-state index contributed by atoms with van der Waals surface area (Å²) in [7, 11) is 0. The van der Waals surface area contributed by atoms with E-state index in [0.29, 0.717) is 6.04 Å². The van der Waals surface area contributed by atoms with Crippen molar-refractivity contribution >= 4 is 11.2 Å². The molecule has 2 aromatic heterocycles. The van der Waals surface area contributed by atoms with E-state index in [2.05, 4.69) is 55.1 Å². The Hall–Kier alpha value is -1.42. The smallest absolute Gasteiger partial charge is 0.160 e. The number of nitrogens with zero attached hydrogens (tertiary/aromatic N) is 4. The third-order valence-corrected chi connectivity index (χ3v) is 4.99. The Morgan fingerprint density at radius 3 is 2.52 bits per heavy atom. The molecular weight excluding hydrogens is 284 g/mol. The van der Waals surface area contributed by atoms with Gasteiger partial charge in [-0.3, -0.25) is 0 Å². The molecule has 3 rings (SSSR count). The van der Waals surface area contributed by atoms with Gasteiger partial charge in [-0.1, -0.05) is 20.8 Å². The highest BCUT2D eigenvalue weighted by molar-refractivity contribution is 5.71. The van der Waals surface area contributed by atoms with E-state index < -0.39 is 0 Å². The van der Waals surface area contributed by atoms with Gasteiger partial charge < -0.3 is 9.47 Å². The number of pyridine rings is 1. The van der Waals surface area contributed by atoms with Gasteiger partial charge in [0.2, 0.25) is 0 Å². The van der Waals surface area contributed by atoms with Gasteiger partial charge in [0.05, 0.1) is 0 Å². The van der Waals surface area contributed by atoms with Gasteiger partial charge >= 0.3 is 0 Å². The van der Waals surface area contributed by atoms with Gasteiger partial charge in [-0.05, 0) is 57.8 Å². The molecule has 0 N–H and O–H groups in total. The van der Waals surface area contributed by atoms with Crippen molar-refractivity contribution in [1.82, 2.24) is 19.4 Å². The van der Waals surface area contributed by atoms with Crippen molar-refractivity contribution in [2.45, 2.75) is 65.5 Å². The number of hydrogen-bond donors (Lipinski definition) is 0. The Bertz CT molecular complexity index is 658. The normalized spacial score (nSPS) is 18.2. The maximum atomic E-state index is 4.88. The SMILES string of the molecule is CC(C)N1CCC(Cn2c(C(C)(C)C)nc3cccnc32)CC1. The first-order chi connectivity index (χ1) is 10.9. The van der Waals surface area contributed by atoms with Crippen molar-refractivity contribution in [2.24, 2.45) is 5.92 Å². The topological polar surface area (TPSA) is 34.0 Å². The first-order valence-corrected chi connectivity index (χ1v) is 8.92. The van der Waals surface area contributed by atoms with Gasteiger partial charge in [0, 0.05) is 24.2 Å². The molecular formula is C19H30N4. The Labute approximate surface area is 139 Å². The van der Waals surface area contributed by atoms with Crippen molar-refractivity contribution in [3.63, 3.8) is 0 Å². The van der Waals surface area contributed by atoms with Gasteiger partial charge in [-0.15, -0.1) is 0 Å². The lowest BCUT2D eigenvalue weighted by molar-refractivity contribution is 0.141. The van der Waals surface area contributed by atoms with Crippen molar-refractivity contribution in [1.29, 1.82) is 0 Å². The molecule has 23 heavy (non-hydrogen) atoms. The lowest BCUT2D eigenvalue weighted by Crippen LogP contribution is -2.39. The van der Waals surface area contributed by atoms with Crippen LogP contribution in [0, 0.1) is 5.92 Å². The molecule has 1 aliphatic rings.